The van der Waals surface area contributed by atoms with Gasteiger partial charge in [-0.2, -0.15) is 0 Å². The third-order valence-corrected chi connectivity index (χ3v) is 5.57. The van der Waals surface area contributed by atoms with Crippen molar-refractivity contribution in [2.75, 3.05) is 6.61 Å². The zero-order valence-corrected chi connectivity index (χ0v) is 17.8. The molecule has 0 fully saturated rings. The molecule has 0 atom stereocenters. The van der Waals surface area contributed by atoms with Crippen LogP contribution in [-0.4, -0.2) is 17.7 Å². The number of hydrogen-bond donors (Lipinski definition) is 1. The molecular formula is C25H19IO3. The Kier molecular flexibility index (Phi) is 5.81. The minimum Gasteiger partial charge on any atom is -0.482 e. The lowest BCUT2D eigenvalue weighted by Crippen LogP contribution is -2.10. The SMILES string of the molecule is O=C(O)COc1ccc(-c2ccc(I)cc2)cc1Cc1cccc2ccccc12. The Bertz CT molecular complexity index is 1160. The van der Waals surface area contributed by atoms with Crippen molar-refractivity contribution >= 4 is 39.3 Å². The second-order valence-corrected chi connectivity index (χ2v) is 8.07. The van der Waals surface area contributed by atoms with E-state index in [2.05, 4.69) is 83.3 Å². The van der Waals surface area contributed by atoms with Gasteiger partial charge in [-0.1, -0.05) is 60.7 Å². The normalized spacial score (nSPS) is 10.8. The van der Waals surface area contributed by atoms with Gasteiger partial charge in [-0.15, -0.1) is 0 Å². The average Bonchev–Trinajstić information content (AvgIpc) is 2.73. The van der Waals surface area contributed by atoms with Crippen molar-refractivity contribution in [3.63, 3.8) is 0 Å². The molecule has 0 aliphatic heterocycles. The first-order valence-corrected chi connectivity index (χ1v) is 10.4. The third kappa shape index (κ3) is 4.59. The average molecular weight is 494 g/mol. The fourth-order valence-electron chi connectivity index (χ4n) is 3.47. The van der Waals surface area contributed by atoms with E-state index in [1.54, 1.807) is 0 Å². The van der Waals surface area contributed by atoms with E-state index in [-0.39, 0.29) is 6.61 Å². The fourth-order valence-corrected chi connectivity index (χ4v) is 3.83. The number of benzene rings is 4. The Hall–Kier alpha value is -2.86. The summed E-state index contributed by atoms with van der Waals surface area (Å²) in [5.74, 6) is -0.377. The van der Waals surface area contributed by atoms with Crippen LogP contribution in [0.4, 0.5) is 0 Å². The quantitative estimate of drug-likeness (QED) is 0.327. The molecule has 0 saturated carbocycles. The second kappa shape index (κ2) is 8.66. The van der Waals surface area contributed by atoms with E-state index in [1.807, 2.05) is 24.3 Å². The van der Waals surface area contributed by atoms with E-state index in [1.165, 1.54) is 19.9 Å². The number of halogens is 1. The molecule has 0 radical (unpaired) electrons. The number of rotatable bonds is 6. The van der Waals surface area contributed by atoms with Crippen LogP contribution in [0.3, 0.4) is 0 Å². The monoisotopic (exact) mass is 494 g/mol. The zero-order valence-electron chi connectivity index (χ0n) is 15.6. The summed E-state index contributed by atoms with van der Waals surface area (Å²) in [6.45, 7) is -0.356. The summed E-state index contributed by atoms with van der Waals surface area (Å²) in [6, 6.07) is 28.8. The van der Waals surface area contributed by atoms with Crippen LogP contribution in [0.2, 0.25) is 0 Å². The van der Waals surface area contributed by atoms with Crippen LogP contribution < -0.4 is 4.74 Å². The largest absolute Gasteiger partial charge is 0.482 e. The van der Waals surface area contributed by atoms with E-state index in [9.17, 15) is 4.79 Å². The molecule has 0 amide bonds. The first-order chi connectivity index (χ1) is 14.1. The van der Waals surface area contributed by atoms with Gasteiger partial charge in [0.25, 0.3) is 0 Å². The van der Waals surface area contributed by atoms with Crippen molar-refractivity contribution in [1.29, 1.82) is 0 Å². The van der Waals surface area contributed by atoms with Crippen molar-refractivity contribution in [2.24, 2.45) is 0 Å². The minimum atomic E-state index is -0.983. The zero-order chi connectivity index (χ0) is 20.2. The van der Waals surface area contributed by atoms with Crippen LogP contribution in [0.5, 0.6) is 5.75 Å². The van der Waals surface area contributed by atoms with Crippen molar-refractivity contribution in [3.8, 4) is 16.9 Å². The van der Waals surface area contributed by atoms with Gasteiger partial charge in [0.1, 0.15) is 5.75 Å². The number of carbonyl (C=O) groups is 1. The van der Waals surface area contributed by atoms with Crippen LogP contribution in [0.25, 0.3) is 21.9 Å². The summed E-state index contributed by atoms with van der Waals surface area (Å²) >= 11 is 2.29. The summed E-state index contributed by atoms with van der Waals surface area (Å²) in [4.78, 5) is 11.0. The van der Waals surface area contributed by atoms with Crippen LogP contribution >= 0.6 is 22.6 Å². The van der Waals surface area contributed by atoms with Gasteiger partial charge in [-0.05, 0) is 79.9 Å². The van der Waals surface area contributed by atoms with E-state index < -0.39 is 5.97 Å². The van der Waals surface area contributed by atoms with Gasteiger partial charge in [0.15, 0.2) is 6.61 Å². The molecule has 0 unspecified atom stereocenters. The number of hydrogen-bond acceptors (Lipinski definition) is 2. The van der Waals surface area contributed by atoms with Crippen molar-refractivity contribution in [1.82, 2.24) is 0 Å². The maximum absolute atomic E-state index is 11.0. The highest BCUT2D eigenvalue weighted by Crippen LogP contribution is 2.31. The first kappa shape index (κ1) is 19.5. The van der Waals surface area contributed by atoms with E-state index >= 15 is 0 Å². The van der Waals surface area contributed by atoms with Crippen LogP contribution in [0.1, 0.15) is 11.1 Å². The Labute approximate surface area is 183 Å². The standard InChI is InChI=1S/C25H19IO3/c26-22-11-8-17(9-12-22)19-10-13-24(29-16-25(27)28)21(14-19)15-20-6-3-5-18-4-1-2-7-23(18)20/h1-14H,15-16H2,(H,27,28). The van der Waals surface area contributed by atoms with Gasteiger partial charge in [-0.25, -0.2) is 4.79 Å². The van der Waals surface area contributed by atoms with E-state index in [4.69, 9.17) is 9.84 Å². The van der Waals surface area contributed by atoms with Gasteiger partial charge in [0, 0.05) is 9.99 Å². The molecule has 144 valence electrons. The van der Waals surface area contributed by atoms with Gasteiger partial charge in [0.2, 0.25) is 0 Å². The van der Waals surface area contributed by atoms with E-state index in [0.717, 1.165) is 16.7 Å². The Morgan fingerprint density at radius 1 is 0.828 bits per heavy atom. The molecule has 4 aromatic rings. The Morgan fingerprint density at radius 3 is 2.34 bits per heavy atom. The van der Waals surface area contributed by atoms with Crippen molar-refractivity contribution in [3.05, 3.63) is 99.6 Å². The van der Waals surface area contributed by atoms with E-state index in [0.29, 0.717) is 12.2 Å². The number of aliphatic carboxylic acids is 1. The molecule has 0 aliphatic rings. The summed E-state index contributed by atoms with van der Waals surface area (Å²) in [5, 5.41) is 11.4. The van der Waals surface area contributed by atoms with Crippen molar-refractivity contribution in [2.45, 2.75) is 6.42 Å². The van der Waals surface area contributed by atoms with Gasteiger partial charge < -0.3 is 9.84 Å². The molecule has 0 spiro atoms. The minimum absolute atomic E-state index is 0.356. The van der Waals surface area contributed by atoms with Crippen molar-refractivity contribution < 1.29 is 14.6 Å². The smallest absolute Gasteiger partial charge is 0.341 e. The van der Waals surface area contributed by atoms with Gasteiger partial charge >= 0.3 is 5.97 Å². The molecule has 4 aromatic carbocycles. The maximum Gasteiger partial charge on any atom is 0.341 e. The lowest BCUT2D eigenvalue weighted by Gasteiger charge is -2.14. The molecule has 1 N–H and O–H groups in total. The first-order valence-electron chi connectivity index (χ1n) is 9.30. The lowest BCUT2D eigenvalue weighted by molar-refractivity contribution is -0.139. The van der Waals surface area contributed by atoms with Crippen LogP contribution in [-0.2, 0) is 11.2 Å². The molecule has 0 heterocycles. The molecule has 4 heteroatoms. The number of fused-ring (bicyclic) bond motifs is 1. The maximum atomic E-state index is 11.0. The summed E-state index contributed by atoms with van der Waals surface area (Å²) in [6.07, 6.45) is 0.661. The predicted octanol–water partition coefficient (Wildman–Crippen LogP) is 6.17. The fraction of sp³-hybridized carbons (Fsp3) is 0.0800. The number of carboxylic acids is 1. The molecule has 0 bridgehead atoms. The highest BCUT2D eigenvalue weighted by molar-refractivity contribution is 14.1. The lowest BCUT2D eigenvalue weighted by atomic mass is 9.95. The highest BCUT2D eigenvalue weighted by Gasteiger charge is 2.11. The highest BCUT2D eigenvalue weighted by atomic mass is 127. The molecule has 29 heavy (non-hydrogen) atoms. The molecule has 0 saturated heterocycles. The molecule has 4 rings (SSSR count). The third-order valence-electron chi connectivity index (χ3n) is 4.85. The van der Waals surface area contributed by atoms with Crippen LogP contribution in [0.15, 0.2) is 84.9 Å². The second-order valence-electron chi connectivity index (χ2n) is 6.83. The van der Waals surface area contributed by atoms with Gasteiger partial charge in [0.05, 0.1) is 0 Å². The molecule has 0 aliphatic carbocycles. The molecular weight excluding hydrogens is 475 g/mol. The molecule has 3 nitrogen and oxygen atoms in total. The summed E-state index contributed by atoms with van der Waals surface area (Å²) in [5.41, 5.74) is 4.36. The van der Waals surface area contributed by atoms with Crippen LogP contribution in [0, 0.1) is 3.57 Å². The topological polar surface area (TPSA) is 46.5 Å². The summed E-state index contributed by atoms with van der Waals surface area (Å²) < 4.78 is 6.78. The predicted molar refractivity (Wildman–Crippen MR) is 124 cm³/mol. The number of ether oxygens (including phenoxy) is 1. The Morgan fingerprint density at radius 2 is 1.55 bits per heavy atom. The number of carboxylic acid groups (broad SMARTS) is 1. The molecule has 0 aromatic heterocycles. The summed E-state index contributed by atoms with van der Waals surface area (Å²) in [7, 11) is 0. The Balaban J connectivity index is 1.76. The van der Waals surface area contributed by atoms with Gasteiger partial charge in [-0.3, -0.25) is 0 Å².